The van der Waals surface area contributed by atoms with Crippen LogP contribution in [-0.4, -0.2) is 56.1 Å². The fraction of sp³-hybridized carbons (Fsp3) is 0.400. The highest BCUT2D eigenvalue weighted by atomic mass is 33.3. The lowest BCUT2D eigenvalue weighted by Crippen LogP contribution is -2.45. The largest absolute Gasteiger partial charge is 0.382 e. The number of aryl methyl sites for hydroxylation is 2. The van der Waals surface area contributed by atoms with Crippen LogP contribution < -0.4 is 0 Å². The predicted octanol–water partition coefficient (Wildman–Crippen LogP) is 3.75. The minimum Gasteiger partial charge on any atom is -0.382 e. The minimum absolute atomic E-state index is 0.517. The van der Waals surface area contributed by atoms with E-state index in [1.54, 1.807) is 0 Å². The molecule has 28 heavy (non-hydrogen) atoms. The van der Waals surface area contributed by atoms with Gasteiger partial charge >= 0.3 is 0 Å². The van der Waals surface area contributed by atoms with Crippen molar-refractivity contribution in [3.8, 4) is 0 Å². The number of aliphatic hydroxyl groups is 4. The van der Waals surface area contributed by atoms with Crippen LogP contribution in [0.2, 0.25) is 0 Å². The first-order valence-electron chi connectivity index (χ1n) is 9.26. The van der Waals surface area contributed by atoms with Crippen molar-refractivity contribution < 1.29 is 20.4 Å². The molecule has 0 aliphatic carbocycles. The second kappa shape index (κ2) is 10.2. The van der Waals surface area contributed by atoms with Gasteiger partial charge in [-0.15, -0.1) is 0 Å². The van der Waals surface area contributed by atoms with Gasteiger partial charge in [0.25, 0.3) is 0 Å². The first kappa shape index (κ1) is 22.5. The van der Waals surface area contributed by atoms with E-state index in [1.165, 1.54) is 0 Å². The summed E-state index contributed by atoms with van der Waals surface area (Å²) in [6.07, 6.45) is 2.44. The van der Waals surface area contributed by atoms with E-state index in [0.29, 0.717) is 25.2 Å². The van der Waals surface area contributed by atoms with Crippen molar-refractivity contribution in [3.05, 3.63) is 71.8 Å². The van der Waals surface area contributed by atoms with Gasteiger partial charge < -0.3 is 20.4 Å². The first-order chi connectivity index (χ1) is 13.5. The van der Waals surface area contributed by atoms with Gasteiger partial charge in [-0.3, -0.25) is 0 Å². The Labute approximate surface area is 177 Å². The van der Waals surface area contributed by atoms with Crippen molar-refractivity contribution in [2.24, 2.45) is 0 Å². The summed E-state index contributed by atoms with van der Waals surface area (Å²) >= 11 is 4.37. The molecule has 8 heteroatoms. The van der Waals surface area contributed by atoms with Crippen molar-refractivity contribution in [2.75, 3.05) is 12.3 Å². The normalized spacial score (nSPS) is 33.0. The number of hydrogen-bond donors (Lipinski definition) is 5. The molecule has 3 rings (SSSR count). The molecule has 4 nitrogen and oxygen atoms in total. The molecule has 1 aliphatic rings. The number of hydrogen-bond acceptors (Lipinski definition) is 6. The SMILES string of the molecule is OC1C(O)[P+](CCc2ccccc2)(SS)C(O)C(O)P1CCc1ccccc1. The Hall–Kier alpha value is -0.160. The average molecular weight is 458 g/mol. The molecule has 152 valence electrons. The fourth-order valence-corrected chi connectivity index (χ4v) is 15.6. The third-order valence-corrected chi connectivity index (χ3v) is 17.6. The summed E-state index contributed by atoms with van der Waals surface area (Å²) in [4.78, 5) is 0. The van der Waals surface area contributed by atoms with E-state index < -0.39 is 37.8 Å². The Kier molecular flexibility index (Phi) is 8.23. The second-order valence-electron chi connectivity index (χ2n) is 7.02. The molecule has 0 amide bonds. The van der Waals surface area contributed by atoms with Gasteiger partial charge in [-0.1, -0.05) is 72.3 Å². The zero-order chi connectivity index (χ0) is 20.1. The molecule has 0 radical (unpaired) electrons. The lowest BCUT2D eigenvalue weighted by molar-refractivity contribution is 0.0770. The van der Waals surface area contributed by atoms with Gasteiger partial charge in [0.15, 0.2) is 6.46 Å². The molecule has 0 spiro atoms. The molecule has 2 aromatic carbocycles. The van der Waals surface area contributed by atoms with E-state index in [1.807, 2.05) is 60.7 Å². The molecule has 1 aliphatic heterocycles. The predicted molar refractivity (Wildman–Crippen MR) is 124 cm³/mol. The van der Waals surface area contributed by atoms with Crippen molar-refractivity contribution in [2.45, 2.75) is 36.2 Å². The maximum atomic E-state index is 11.0. The van der Waals surface area contributed by atoms with Gasteiger partial charge in [-0.2, -0.15) is 0 Å². The summed E-state index contributed by atoms with van der Waals surface area (Å²) in [5.74, 6) is -4.11. The van der Waals surface area contributed by atoms with E-state index in [0.717, 1.165) is 21.5 Å². The van der Waals surface area contributed by atoms with Gasteiger partial charge in [0, 0.05) is 6.42 Å². The fourth-order valence-electron chi connectivity index (χ4n) is 3.62. The number of benzene rings is 2. The molecule has 1 heterocycles. The molecular formula is C20H27O4P2S2+. The maximum Gasteiger partial charge on any atom is 0.208 e. The molecule has 4 atom stereocenters. The molecule has 2 aromatic rings. The van der Waals surface area contributed by atoms with Gasteiger partial charge in [-0.25, -0.2) is 0 Å². The van der Waals surface area contributed by atoms with Crippen LogP contribution in [0.3, 0.4) is 0 Å². The maximum absolute atomic E-state index is 11.0. The van der Waals surface area contributed by atoms with Crippen LogP contribution in [0.5, 0.6) is 0 Å². The van der Waals surface area contributed by atoms with Crippen LogP contribution in [0, 0.1) is 0 Å². The van der Waals surface area contributed by atoms with Crippen LogP contribution in [0.4, 0.5) is 0 Å². The lowest BCUT2D eigenvalue weighted by atomic mass is 10.2. The van der Waals surface area contributed by atoms with E-state index in [4.69, 9.17) is 0 Å². The zero-order valence-corrected chi connectivity index (χ0v) is 18.9. The van der Waals surface area contributed by atoms with Gasteiger partial charge in [0.2, 0.25) is 11.7 Å². The van der Waals surface area contributed by atoms with Gasteiger partial charge in [0.1, 0.15) is 11.7 Å². The van der Waals surface area contributed by atoms with E-state index >= 15 is 0 Å². The molecule has 0 bridgehead atoms. The van der Waals surface area contributed by atoms with Crippen LogP contribution >= 0.6 is 36.5 Å². The topological polar surface area (TPSA) is 80.9 Å². The van der Waals surface area contributed by atoms with E-state index in [9.17, 15) is 20.4 Å². The Balaban J connectivity index is 1.73. The Morgan fingerprint density at radius 2 is 1.25 bits per heavy atom. The van der Waals surface area contributed by atoms with E-state index in [-0.39, 0.29) is 0 Å². The van der Waals surface area contributed by atoms with Crippen LogP contribution in [0.25, 0.3) is 0 Å². The zero-order valence-electron chi connectivity index (χ0n) is 15.5. The minimum atomic E-state index is -2.56. The summed E-state index contributed by atoms with van der Waals surface area (Å²) in [7, 11) is -0.186. The van der Waals surface area contributed by atoms with E-state index in [2.05, 4.69) is 11.7 Å². The summed E-state index contributed by atoms with van der Waals surface area (Å²) in [6.45, 7) is -2.56. The monoisotopic (exact) mass is 457 g/mol. The van der Waals surface area contributed by atoms with Crippen molar-refractivity contribution in [1.82, 2.24) is 0 Å². The Bertz CT molecular complexity index is 722. The standard InChI is InChI=1S/C20H26O4P2S2/c21-17-19(23)26(28-27,14-12-16-9-5-2-6-10-16)20(24)18(22)25(17)13-11-15-7-3-1-4-8-15/h1-10,17-24H,11-14H2/p+1. The third kappa shape index (κ3) is 4.77. The van der Waals surface area contributed by atoms with Crippen molar-refractivity contribution in [1.29, 1.82) is 0 Å². The molecule has 4 unspecified atom stereocenters. The van der Waals surface area contributed by atoms with Gasteiger partial charge in [0.05, 0.1) is 16.6 Å². The number of aliphatic hydroxyl groups excluding tert-OH is 4. The molecule has 1 fully saturated rings. The average Bonchev–Trinajstić information content (AvgIpc) is 2.74. The van der Waals surface area contributed by atoms with Crippen LogP contribution in [0.15, 0.2) is 60.7 Å². The Morgan fingerprint density at radius 3 is 1.71 bits per heavy atom. The summed E-state index contributed by atoms with van der Waals surface area (Å²) in [6, 6.07) is 19.7. The van der Waals surface area contributed by atoms with Crippen LogP contribution in [-0.2, 0) is 12.8 Å². The molecule has 0 saturated carbocycles. The smallest absolute Gasteiger partial charge is 0.208 e. The third-order valence-electron chi connectivity index (χ3n) is 5.35. The second-order valence-corrected chi connectivity index (χ2v) is 16.9. The van der Waals surface area contributed by atoms with Gasteiger partial charge in [-0.05, 0) is 31.6 Å². The molecular weight excluding hydrogens is 430 g/mol. The summed E-state index contributed by atoms with van der Waals surface area (Å²) in [5.41, 5.74) is 2.22. The highest BCUT2D eigenvalue weighted by Crippen LogP contribution is 2.83. The Morgan fingerprint density at radius 1 is 0.786 bits per heavy atom. The number of rotatable bonds is 7. The quantitative estimate of drug-likeness (QED) is 0.249. The summed E-state index contributed by atoms with van der Waals surface area (Å²) in [5, 5.41) is 43.7. The lowest BCUT2D eigenvalue weighted by Gasteiger charge is -2.45. The van der Waals surface area contributed by atoms with Crippen LogP contribution in [0.1, 0.15) is 11.1 Å². The highest BCUT2D eigenvalue weighted by molar-refractivity contribution is 8.97. The molecule has 4 N–H and O–H groups in total. The molecule has 0 aromatic heterocycles. The highest BCUT2D eigenvalue weighted by Gasteiger charge is 2.64. The first-order valence-corrected chi connectivity index (χ1v) is 15.5. The number of thiol groups is 1. The molecule has 1 saturated heterocycles. The van der Waals surface area contributed by atoms with Crippen molar-refractivity contribution in [3.63, 3.8) is 0 Å². The summed E-state index contributed by atoms with van der Waals surface area (Å²) < 4.78 is 0. The van der Waals surface area contributed by atoms with Crippen molar-refractivity contribution >= 4 is 36.5 Å².